The number of halogens is 3. The van der Waals surface area contributed by atoms with Crippen molar-refractivity contribution >= 4 is 16.9 Å². The Morgan fingerprint density at radius 1 is 1.33 bits per heavy atom. The number of aromatic nitrogens is 1. The Bertz CT molecular complexity index is 610. The van der Waals surface area contributed by atoms with Crippen LogP contribution in [-0.2, 0) is 4.79 Å². The molecule has 0 unspecified atom stereocenters. The molecule has 1 aromatic heterocycles. The first-order chi connectivity index (χ1) is 8.38. The van der Waals surface area contributed by atoms with Crippen molar-refractivity contribution < 1.29 is 27.8 Å². The molecule has 18 heavy (non-hydrogen) atoms. The van der Waals surface area contributed by atoms with E-state index in [1.54, 1.807) is 12.1 Å². The van der Waals surface area contributed by atoms with Gasteiger partial charge in [-0.1, -0.05) is 6.07 Å². The normalized spacial score (nSPS) is 11.5. The highest BCUT2D eigenvalue weighted by molar-refractivity contribution is 5.85. The van der Waals surface area contributed by atoms with Gasteiger partial charge in [-0.05, 0) is 12.1 Å². The fraction of sp³-hybridized carbons (Fsp3) is 0.0909. The highest BCUT2D eigenvalue weighted by Crippen LogP contribution is 2.32. The van der Waals surface area contributed by atoms with Crippen molar-refractivity contribution in [2.75, 3.05) is 0 Å². The lowest BCUT2D eigenvalue weighted by atomic mass is 10.2. The van der Waals surface area contributed by atoms with E-state index in [0.29, 0.717) is 10.9 Å². The first-order valence-electron chi connectivity index (χ1n) is 4.74. The van der Waals surface area contributed by atoms with Crippen LogP contribution in [0.25, 0.3) is 10.9 Å². The van der Waals surface area contributed by atoms with Crippen molar-refractivity contribution in [1.29, 1.82) is 0 Å². The van der Waals surface area contributed by atoms with E-state index < -0.39 is 23.6 Å². The third-order valence-electron chi connectivity index (χ3n) is 2.12. The standard InChI is InChI=1S/C11H6F3NO3/c12-11(13,14)10(17)18-9-5-7-6(4-8(9)16)2-1-3-15-7/h1-5,16H. The second kappa shape index (κ2) is 4.17. The lowest BCUT2D eigenvalue weighted by Gasteiger charge is -2.09. The molecule has 0 saturated carbocycles. The molecule has 1 heterocycles. The van der Waals surface area contributed by atoms with Crippen LogP contribution in [0.1, 0.15) is 0 Å². The van der Waals surface area contributed by atoms with Gasteiger partial charge in [-0.3, -0.25) is 4.98 Å². The summed E-state index contributed by atoms with van der Waals surface area (Å²) in [5.74, 6) is -3.54. The number of pyridine rings is 1. The van der Waals surface area contributed by atoms with Crippen LogP contribution in [0.4, 0.5) is 13.2 Å². The number of esters is 1. The Hall–Kier alpha value is -2.31. The zero-order valence-corrected chi connectivity index (χ0v) is 8.73. The van der Waals surface area contributed by atoms with E-state index in [0.717, 1.165) is 6.07 Å². The van der Waals surface area contributed by atoms with Crippen LogP contribution in [-0.4, -0.2) is 22.2 Å². The molecule has 1 N–H and O–H groups in total. The van der Waals surface area contributed by atoms with E-state index in [-0.39, 0.29) is 0 Å². The molecule has 0 amide bonds. The molecule has 2 aromatic rings. The van der Waals surface area contributed by atoms with Crippen molar-refractivity contribution in [3.63, 3.8) is 0 Å². The number of fused-ring (bicyclic) bond motifs is 1. The molecular formula is C11H6F3NO3. The van der Waals surface area contributed by atoms with Gasteiger partial charge >= 0.3 is 12.1 Å². The fourth-order valence-corrected chi connectivity index (χ4v) is 1.33. The molecule has 0 atom stereocenters. The maximum Gasteiger partial charge on any atom is 0.491 e. The SMILES string of the molecule is O=C(Oc1cc2ncccc2cc1O)C(F)(F)F. The Balaban J connectivity index is 2.40. The van der Waals surface area contributed by atoms with Crippen molar-refractivity contribution in [1.82, 2.24) is 4.98 Å². The average Bonchev–Trinajstić information content (AvgIpc) is 2.28. The van der Waals surface area contributed by atoms with Crippen LogP contribution >= 0.6 is 0 Å². The van der Waals surface area contributed by atoms with E-state index in [9.17, 15) is 23.1 Å². The summed E-state index contributed by atoms with van der Waals surface area (Å²) in [5.41, 5.74) is 0.306. The minimum atomic E-state index is -5.12. The van der Waals surface area contributed by atoms with Crippen LogP contribution in [0, 0.1) is 0 Å². The number of alkyl halides is 3. The summed E-state index contributed by atoms with van der Waals surface area (Å²) in [6.07, 6.45) is -3.69. The number of benzene rings is 1. The molecule has 0 spiro atoms. The third-order valence-corrected chi connectivity index (χ3v) is 2.12. The Kier molecular flexibility index (Phi) is 2.82. The topological polar surface area (TPSA) is 59.4 Å². The van der Waals surface area contributed by atoms with Gasteiger partial charge in [-0.2, -0.15) is 13.2 Å². The van der Waals surface area contributed by atoms with E-state index in [1.165, 1.54) is 12.3 Å². The van der Waals surface area contributed by atoms with Crippen molar-refractivity contribution in [3.05, 3.63) is 30.5 Å². The van der Waals surface area contributed by atoms with Crippen molar-refractivity contribution in [2.24, 2.45) is 0 Å². The molecule has 2 rings (SSSR count). The first kappa shape index (κ1) is 12.2. The number of phenols is 1. The summed E-state index contributed by atoms with van der Waals surface area (Å²) in [6.45, 7) is 0. The minimum Gasteiger partial charge on any atom is -0.504 e. The summed E-state index contributed by atoms with van der Waals surface area (Å²) < 4.78 is 40.1. The third kappa shape index (κ3) is 2.34. The molecule has 0 saturated heterocycles. The number of phenolic OH excluding ortho intramolecular Hbond substituents is 1. The molecule has 0 aliphatic carbocycles. The van der Waals surface area contributed by atoms with Crippen LogP contribution < -0.4 is 4.74 Å². The number of rotatable bonds is 1. The Morgan fingerprint density at radius 2 is 2.06 bits per heavy atom. The zero-order chi connectivity index (χ0) is 13.3. The average molecular weight is 257 g/mol. The predicted octanol–water partition coefficient (Wildman–Crippen LogP) is 2.41. The van der Waals surface area contributed by atoms with Gasteiger partial charge in [0.05, 0.1) is 5.52 Å². The van der Waals surface area contributed by atoms with Gasteiger partial charge in [0.1, 0.15) is 0 Å². The minimum absolute atomic E-state index is 0.306. The second-order valence-corrected chi connectivity index (χ2v) is 3.40. The Labute approximate surface area is 98.6 Å². The van der Waals surface area contributed by atoms with E-state index >= 15 is 0 Å². The van der Waals surface area contributed by atoms with Gasteiger partial charge in [0.15, 0.2) is 11.5 Å². The maximum absolute atomic E-state index is 12.0. The van der Waals surface area contributed by atoms with Gasteiger partial charge in [-0.25, -0.2) is 4.79 Å². The molecule has 0 aliphatic heterocycles. The van der Waals surface area contributed by atoms with E-state index in [4.69, 9.17) is 0 Å². The molecule has 4 nitrogen and oxygen atoms in total. The number of hydrogen-bond donors (Lipinski definition) is 1. The second-order valence-electron chi connectivity index (χ2n) is 3.40. The molecular weight excluding hydrogens is 251 g/mol. The number of ether oxygens (including phenoxy) is 1. The molecule has 0 fully saturated rings. The van der Waals surface area contributed by atoms with E-state index in [1.807, 2.05) is 0 Å². The molecule has 7 heteroatoms. The summed E-state index contributed by atoms with van der Waals surface area (Å²) in [6, 6.07) is 5.44. The van der Waals surface area contributed by atoms with Crippen LogP contribution in [0.5, 0.6) is 11.5 Å². The summed E-state index contributed by atoms with van der Waals surface area (Å²) >= 11 is 0. The van der Waals surface area contributed by atoms with Gasteiger partial charge in [0.25, 0.3) is 0 Å². The van der Waals surface area contributed by atoms with Crippen LogP contribution in [0.3, 0.4) is 0 Å². The van der Waals surface area contributed by atoms with Gasteiger partial charge in [0.2, 0.25) is 0 Å². The lowest BCUT2D eigenvalue weighted by Crippen LogP contribution is -2.27. The van der Waals surface area contributed by atoms with Crippen molar-refractivity contribution in [3.8, 4) is 11.5 Å². The summed E-state index contributed by atoms with van der Waals surface area (Å²) in [5, 5.41) is 9.97. The van der Waals surface area contributed by atoms with Gasteiger partial charge < -0.3 is 9.84 Å². The summed E-state index contributed by atoms with van der Waals surface area (Å²) in [4.78, 5) is 14.5. The van der Waals surface area contributed by atoms with Crippen LogP contribution in [0.15, 0.2) is 30.5 Å². The molecule has 1 aromatic carbocycles. The van der Waals surface area contributed by atoms with Crippen molar-refractivity contribution in [2.45, 2.75) is 6.18 Å². The summed E-state index contributed by atoms with van der Waals surface area (Å²) in [7, 11) is 0. The monoisotopic (exact) mass is 257 g/mol. The molecule has 0 radical (unpaired) electrons. The van der Waals surface area contributed by atoms with Gasteiger partial charge in [0, 0.05) is 17.6 Å². The smallest absolute Gasteiger partial charge is 0.491 e. The van der Waals surface area contributed by atoms with Gasteiger partial charge in [-0.15, -0.1) is 0 Å². The number of hydrogen-bond acceptors (Lipinski definition) is 4. The first-order valence-corrected chi connectivity index (χ1v) is 4.74. The zero-order valence-electron chi connectivity index (χ0n) is 8.73. The maximum atomic E-state index is 12.0. The largest absolute Gasteiger partial charge is 0.504 e. The molecule has 0 aliphatic rings. The van der Waals surface area contributed by atoms with Crippen LogP contribution in [0.2, 0.25) is 0 Å². The highest BCUT2D eigenvalue weighted by Gasteiger charge is 2.41. The fourth-order valence-electron chi connectivity index (χ4n) is 1.33. The molecule has 94 valence electrons. The number of aromatic hydroxyl groups is 1. The number of nitrogens with zero attached hydrogens (tertiary/aromatic N) is 1. The Morgan fingerprint density at radius 3 is 2.72 bits per heavy atom. The molecule has 0 bridgehead atoms. The number of carbonyl (C=O) groups is 1. The quantitative estimate of drug-likeness (QED) is 0.629. The predicted molar refractivity (Wildman–Crippen MR) is 55.1 cm³/mol. The van der Waals surface area contributed by atoms with E-state index in [2.05, 4.69) is 9.72 Å². The lowest BCUT2D eigenvalue weighted by molar-refractivity contribution is -0.189. The number of carbonyl (C=O) groups excluding carboxylic acids is 1. The highest BCUT2D eigenvalue weighted by atomic mass is 19.4.